The Hall–Kier alpha value is -2.40. The molecule has 1 atom stereocenters. The van der Waals surface area contributed by atoms with Crippen molar-refractivity contribution in [3.63, 3.8) is 0 Å². The molecule has 138 valence electrons. The van der Waals surface area contributed by atoms with Crippen molar-refractivity contribution in [2.24, 2.45) is 0 Å². The van der Waals surface area contributed by atoms with Crippen LogP contribution in [-0.4, -0.2) is 37.0 Å². The largest absolute Gasteiger partial charge is 0.496 e. The maximum atomic E-state index is 13.5. The Kier molecular flexibility index (Phi) is 6.23. The molecule has 26 heavy (non-hydrogen) atoms. The molecule has 1 unspecified atom stereocenters. The monoisotopic (exact) mass is 356 g/mol. The van der Waals surface area contributed by atoms with Gasteiger partial charge in [-0.2, -0.15) is 0 Å². The minimum Gasteiger partial charge on any atom is -0.496 e. The highest BCUT2D eigenvalue weighted by Crippen LogP contribution is 2.21. The van der Waals surface area contributed by atoms with Gasteiger partial charge in [0.25, 0.3) is 5.91 Å². The number of rotatable bonds is 6. The van der Waals surface area contributed by atoms with E-state index in [2.05, 4.69) is 22.3 Å². The second-order valence-corrected chi connectivity index (χ2v) is 6.66. The van der Waals surface area contributed by atoms with Crippen LogP contribution in [0.25, 0.3) is 0 Å². The summed E-state index contributed by atoms with van der Waals surface area (Å²) in [6, 6.07) is 14.6. The molecular formula is C21H25FN2O2. The van der Waals surface area contributed by atoms with Crippen molar-refractivity contribution in [2.75, 3.05) is 20.2 Å². The fourth-order valence-electron chi connectivity index (χ4n) is 3.48. The Labute approximate surface area is 154 Å². The van der Waals surface area contributed by atoms with Crippen molar-refractivity contribution in [1.82, 2.24) is 10.2 Å². The van der Waals surface area contributed by atoms with Crippen LogP contribution < -0.4 is 10.1 Å². The second-order valence-electron chi connectivity index (χ2n) is 6.66. The molecule has 1 amide bonds. The molecule has 4 nitrogen and oxygen atoms in total. The molecule has 1 aliphatic rings. The van der Waals surface area contributed by atoms with Gasteiger partial charge in [-0.1, -0.05) is 36.8 Å². The fraction of sp³-hybridized carbons (Fsp3) is 0.381. The summed E-state index contributed by atoms with van der Waals surface area (Å²) in [4.78, 5) is 14.9. The van der Waals surface area contributed by atoms with Crippen LogP contribution in [0, 0.1) is 5.82 Å². The zero-order valence-corrected chi connectivity index (χ0v) is 15.1. The standard InChI is InChI=1S/C21H25FN2O2/c1-26-20-11-10-17(22)13-19(20)21(25)23-14-18-9-5-6-12-24(18)15-16-7-3-2-4-8-16/h2-4,7-8,10-11,13,18H,5-6,9,12,14-15H2,1H3,(H,23,25). The van der Waals surface area contributed by atoms with Crippen LogP contribution in [0.5, 0.6) is 5.75 Å². The molecule has 2 aromatic rings. The van der Waals surface area contributed by atoms with Gasteiger partial charge in [-0.15, -0.1) is 0 Å². The number of carbonyl (C=O) groups is 1. The molecule has 0 aliphatic carbocycles. The fourth-order valence-corrected chi connectivity index (χ4v) is 3.48. The summed E-state index contributed by atoms with van der Waals surface area (Å²) in [5, 5.41) is 2.96. The molecule has 0 radical (unpaired) electrons. The highest BCUT2D eigenvalue weighted by atomic mass is 19.1. The number of hydrogen-bond acceptors (Lipinski definition) is 3. The molecule has 1 heterocycles. The summed E-state index contributed by atoms with van der Waals surface area (Å²) in [6.07, 6.45) is 3.39. The average molecular weight is 356 g/mol. The first-order valence-corrected chi connectivity index (χ1v) is 9.07. The molecule has 0 spiro atoms. The lowest BCUT2D eigenvalue weighted by Crippen LogP contribution is -2.46. The maximum Gasteiger partial charge on any atom is 0.255 e. The van der Waals surface area contributed by atoms with Crippen molar-refractivity contribution in [3.05, 3.63) is 65.5 Å². The molecule has 1 aliphatic heterocycles. The quantitative estimate of drug-likeness (QED) is 0.860. The molecule has 1 N–H and O–H groups in total. The second kappa shape index (κ2) is 8.81. The highest BCUT2D eigenvalue weighted by Gasteiger charge is 2.23. The van der Waals surface area contributed by atoms with Crippen molar-refractivity contribution >= 4 is 5.91 Å². The first-order valence-electron chi connectivity index (χ1n) is 9.07. The average Bonchev–Trinajstić information content (AvgIpc) is 2.68. The molecular weight excluding hydrogens is 331 g/mol. The Morgan fingerprint density at radius 1 is 1.23 bits per heavy atom. The summed E-state index contributed by atoms with van der Waals surface area (Å²) < 4.78 is 18.7. The Balaban J connectivity index is 1.63. The van der Waals surface area contributed by atoms with Crippen LogP contribution in [0.2, 0.25) is 0 Å². The summed E-state index contributed by atoms with van der Waals surface area (Å²) in [6.45, 7) is 2.45. The van der Waals surface area contributed by atoms with Gasteiger partial charge in [-0.3, -0.25) is 9.69 Å². The van der Waals surface area contributed by atoms with E-state index in [9.17, 15) is 9.18 Å². The number of carbonyl (C=O) groups excluding carboxylic acids is 1. The smallest absolute Gasteiger partial charge is 0.255 e. The SMILES string of the molecule is COc1ccc(F)cc1C(=O)NCC1CCCCN1Cc1ccccc1. The van der Waals surface area contributed by atoms with Gasteiger partial charge in [0.2, 0.25) is 0 Å². The first-order chi connectivity index (χ1) is 12.7. The third-order valence-electron chi connectivity index (χ3n) is 4.88. The lowest BCUT2D eigenvalue weighted by Gasteiger charge is -2.36. The third-order valence-corrected chi connectivity index (χ3v) is 4.88. The number of ether oxygens (including phenoxy) is 1. The first kappa shape index (κ1) is 18.4. The van der Waals surface area contributed by atoms with Crippen LogP contribution >= 0.6 is 0 Å². The van der Waals surface area contributed by atoms with Crippen LogP contribution in [0.3, 0.4) is 0 Å². The predicted octanol–water partition coefficient (Wildman–Crippen LogP) is 3.62. The van der Waals surface area contributed by atoms with E-state index < -0.39 is 5.82 Å². The van der Waals surface area contributed by atoms with Gasteiger partial charge in [-0.05, 0) is 43.1 Å². The van der Waals surface area contributed by atoms with Gasteiger partial charge in [0.05, 0.1) is 12.7 Å². The van der Waals surface area contributed by atoms with Gasteiger partial charge in [-0.25, -0.2) is 4.39 Å². The van der Waals surface area contributed by atoms with E-state index in [1.807, 2.05) is 18.2 Å². The van der Waals surface area contributed by atoms with Crippen molar-refractivity contribution < 1.29 is 13.9 Å². The van der Waals surface area contributed by atoms with Crippen molar-refractivity contribution in [1.29, 1.82) is 0 Å². The zero-order valence-electron chi connectivity index (χ0n) is 15.1. The van der Waals surface area contributed by atoms with Gasteiger partial charge >= 0.3 is 0 Å². The van der Waals surface area contributed by atoms with E-state index in [0.29, 0.717) is 12.3 Å². The number of amides is 1. The van der Waals surface area contributed by atoms with Crippen LogP contribution in [0.4, 0.5) is 4.39 Å². The molecule has 5 heteroatoms. The number of halogens is 1. The van der Waals surface area contributed by atoms with Gasteiger partial charge in [0.1, 0.15) is 11.6 Å². The lowest BCUT2D eigenvalue weighted by atomic mass is 10.0. The van der Waals surface area contributed by atoms with Gasteiger partial charge in [0, 0.05) is 19.1 Å². The number of likely N-dealkylation sites (tertiary alicyclic amines) is 1. The normalized spacial score (nSPS) is 17.7. The molecule has 3 rings (SSSR count). The number of methoxy groups -OCH3 is 1. The van der Waals surface area contributed by atoms with Gasteiger partial charge in [0.15, 0.2) is 0 Å². The molecule has 0 saturated carbocycles. The number of piperidine rings is 1. The number of nitrogens with zero attached hydrogens (tertiary/aromatic N) is 1. The summed E-state index contributed by atoms with van der Waals surface area (Å²) >= 11 is 0. The van der Waals surface area contributed by atoms with E-state index in [4.69, 9.17) is 4.74 Å². The number of nitrogens with one attached hydrogen (secondary N) is 1. The van der Waals surface area contributed by atoms with Crippen LogP contribution in [0.1, 0.15) is 35.2 Å². The number of benzene rings is 2. The van der Waals surface area contributed by atoms with Crippen molar-refractivity contribution in [2.45, 2.75) is 31.8 Å². The predicted molar refractivity (Wildman–Crippen MR) is 99.8 cm³/mol. The minimum atomic E-state index is -0.445. The zero-order chi connectivity index (χ0) is 18.4. The molecule has 1 saturated heterocycles. The van der Waals surface area contributed by atoms with E-state index in [-0.39, 0.29) is 17.5 Å². The molecule has 2 aromatic carbocycles. The minimum absolute atomic E-state index is 0.234. The van der Waals surface area contributed by atoms with E-state index in [1.54, 1.807) is 0 Å². The molecule has 0 aromatic heterocycles. The van der Waals surface area contributed by atoms with E-state index >= 15 is 0 Å². The third kappa shape index (κ3) is 4.61. The van der Waals surface area contributed by atoms with Crippen molar-refractivity contribution in [3.8, 4) is 5.75 Å². The maximum absolute atomic E-state index is 13.5. The Morgan fingerprint density at radius 3 is 2.81 bits per heavy atom. The highest BCUT2D eigenvalue weighted by molar-refractivity contribution is 5.96. The summed E-state index contributed by atoms with van der Waals surface area (Å²) in [7, 11) is 1.48. The van der Waals surface area contributed by atoms with Gasteiger partial charge < -0.3 is 10.1 Å². The summed E-state index contributed by atoms with van der Waals surface area (Å²) in [5.74, 6) is -0.361. The lowest BCUT2D eigenvalue weighted by molar-refractivity contribution is 0.0904. The molecule has 1 fully saturated rings. The Morgan fingerprint density at radius 2 is 2.04 bits per heavy atom. The van der Waals surface area contributed by atoms with E-state index in [1.165, 1.54) is 37.3 Å². The number of hydrogen-bond donors (Lipinski definition) is 1. The Bertz CT molecular complexity index is 736. The van der Waals surface area contributed by atoms with Crippen LogP contribution in [-0.2, 0) is 6.54 Å². The topological polar surface area (TPSA) is 41.6 Å². The molecule has 0 bridgehead atoms. The van der Waals surface area contributed by atoms with E-state index in [0.717, 1.165) is 25.9 Å². The van der Waals surface area contributed by atoms with Crippen LogP contribution in [0.15, 0.2) is 48.5 Å². The summed E-state index contributed by atoms with van der Waals surface area (Å²) in [5.41, 5.74) is 1.51.